The van der Waals surface area contributed by atoms with Crippen LogP contribution in [0, 0.1) is 6.92 Å². The van der Waals surface area contributed by atoms with Gasteiger partial charge in [0.05, 0.1) is 19.9 Å². The van der Waals surface area contributed by atoms with Crippen molar-refractivity contribution >= 4 is 40.3 Å². The van der Waals surface area contributed by atoms with Gasteiger partial charge in [-0.1, -0.05) is 23.2 Å². The van der Waals surface area contributed by atoms with Crippen molar-refractivity contribution in [3.05, 3.63) is 37.3 Å². The molecule has 2 aromatic heterocycles. The van der Waals surface area contributed by atoms with Crippen LogP contribution in [0.2, 0.25) is 8.67 Å². The number of fused-ring (bicyclic) bond motifs is 1. The molecule has 1 aliphatic rings. The smallest absolute Gasteiger partial charge is 0.167 e. The lowest BCUT2D eigenvalue weighted by molar-refractivity contribution is 0.0963. The number of ketones is 1. The van der Waals surface area contributed by atoms with Crippen LogP contribution in [0.5, 0.6) is 0 Å². The van der Waals surface area contributed by atoms with Crippen molar-refractivity contribution < 1.29 is 4.79 Å². The van der Waals surface area contributed by atoms with Crippen LogP contribution in [-0.4, -0.2) is 16.0 Å². The van der Waals surface area contributed by atoms with E-state index in [2.05, 4.69) is 10.2 Å². The molecule has 6 heteroatoms. The molecule has 3 rings (SSSR count). The van der Waals surface area contributed by atoms with Gasteiger partial charge >= 0.3 is 0 Å². The standard InChI is InChI=1S/C12H10Cl2N2OS/c1-5-11-8(16-15-5)2-6(3-9(11)17)7-4-10(13)18-12(7)14/h4,6H,2-3H2,1H3,(H,15,16). The van der Waals surface area contributed by atoms with Gasteiger partial charge in [0.15, 0.2) is 5.78 Å². The van der Waals surface area contributed by atoms with E-state index in [0.29, 0.717) is 15.1 Å². The maximum atomic E-state index is 12.1. The summed E-state index contributed by atoms with van der Waals surface area (Å²) in [5.74, 6) is 0.217. The van der Waals surface area contributed by atoms with E-state index in [4.69, 9.17) is 23.2 Å². The van der Waals surface area contributed by atoms with Crippen LogP contribution in [0.3, 0.4) is 0 Å². The summed E-state index contributed by atoms with van der Waals surface area (Å²) in [5.41, 5.74) is 3.41. The van der Waals surface area contributed by atoms with Gasteiger partial charge in [-0.2, -0.15) is 5.10 Å². The number of rotatable bonds is 1. The quantitative estimate of drug-likeness (QED) is 0.865. The zero-order valence-corrected chi connectivity index (χ0v) is 11.9. The zero-order chi connectivity index (χ0) is 12.9. The summed E-state index contributed by atoms with van der Waals surface area (Å²) >= 11 is 13.4. The number of hydrogen-bond acceptors (Lipinski definition) is 3. The van der Waals surface area contributed by atoms with E-state index in [0.717, 1.165) is 28.9 Å². The lowest BCUT2D eigenvalue weighted by atomic mass is 9.83. The maximum absolute atomic E-state index is 12.1. The van der Waals surface area contributed by atoms with Crippen LogP contribution in [0.25, 0.3) is 0 Å². The Morgan fingerprint density at radius 3 is 2.89 bits per heavy atom. The normalized spacial score (nSPS) is 19.1. The molecule has 0 amide bonds. The molecule has 0 bridgehead atoms. The number of Topliss-reactive ketones (excluding diaryl/α,β-unsaturated/α-hetero) is 1. The molecule has 94 valence electrons. The first-order valence-electron chi connectivity index (χ1n) is 5.58. The molecule has 0 radical (unpaired) electrons. The number of nitrogens with zero attached hydrogens (tertiary/aromatic N) is 1. The van der Waals surface area contributed by atoms with Gasteiger partial charge in [-0.05, 0) is 30.9 Å². The van der Waals surface area contributed by atoms with Crippen LogP contribution in [-0.2, 0) is 6.42 Å². The fourth-order valence-corrected chi connectivity index (χ4v) is 4.11. The van der Waals surface area contributed by atoms with E-state index in [1.54, 1.807) is 0 Å². The topological polar surface area (TPSA) is 45.8 Å². The molecule has 3 nitrogen and oxygen atoms in total. The third-order valence-corrected chi connectivity index (χ3v) is 4.81. The Morgan fingerprint density at radius 1 is 1.44 bits per heavy atom. The van der Waals surface area contributed by atoms with Crippen molar-refractivity contribution in [1.82, 2.24) is 10.2 Å². The number of carbonyl (C=O) groups is 1. The summed E-state index contributed by atoms with van der Waals surface area (Å²) in [6.07, 6.45) is 1.21. The van der Waals surface area contributed by atoms with Crippen molar-refractivity contribution in [2.75, 3.05) is 0 Å². The van der Waals surface area contributed by atoms with E-state index in [1.807, 2.05) is 13.0 Å². The van der Waals surface area contributed by atoms with Gasteiger partial charge < -0.3 is 0 Å². The molecule has 1 atom stereocenters. The number of hydrogen-bond donors (Lipinski definition) is 1. The molecule has 0 fully saturated rings. The van der Waals surface area contributed by atoms with Crippen molar-refractivity contribution in [3.8, 4) is 0 Å². The number of aryl methyl sites for hydroxylation is 1. The fraction of sp³-hybridized carbons (Fsp3) is 0.333. The van der Waals surface area contributed by atoms with Crippen molar-refractivity contribution in [2.24, 2.45) is 0 Å². The molecule has 0 aliphatic heterocycles. The Balaban J connectivity index is 1.99. The van der Waals surface area contributed by atoms with Gasteiger partial charge in [-0.25, -0.2) is 0 Å². The summed E-state index contributed by atoms with van der Waals surface area (Å²) < 4.78 is 1.33. The van der Waals surface area contributed by atoms with Crippen LogP contribution < -0.4 is 0 Å². The second-order valence-electron chi connectivity index (χ2n) is 4.48. The maximum Gasteiger partial charge on any atom is 0.167 e. The summed E-state index contributed by atoms with van der Waals surface area (Å²) in [5, 5.41) is 7.07. The Labute approximate surface area is 118 Å². The molecular formula is C12H10Cl2N2OS. The number of H-pyrrole nitrogens is 1. The largest absolute Gasteiger partial charge is 0.294 e. The van der Waals surface area contributed by atoms with E-state index >= 15 is 0 Å². The molecule has 1 N–H and O–H groups in total. The molecule has 0 saturated carbocycles. The highest BCUT2D eigenvalue weighted by Crippen LogP contribution is 2.41. The van der Waals surface area contributed by atoms with E-state index in [1.165, 1.54) is 11.3 Å². The van der Waals surface area contributed by atoms with Crippen LogP contribution >= 0.6 is 34.5 Å². The highest BCUT2D eigenvalue weighted by Gasteiger charge is 2.31. The lowest BCUT2D eigenvalue weighted by Crippen LogP contribution is -2.18. The molecular weight excluding hydrogens is 291 g/mol. The summed E-state index contributed by atoms with van der Waals surface area (Å²) in [4.78, 5) is 12.1. The van der Waals surface area contributed by atoms with Crippen molar-refractivity contribution in [3.63, 3.8) is 0 Å². The molecule has 1 unspecified atom stereocenters. The minimum Gasteiger partial charge on any atom is -0.294 e. The summed E-state index contributed by atoms with van der Waals surface area (Å²) in [6, 6.07) is 1.86. The number of aromatic nitrogens is 2. The van der Waals surface area contributed by atoms with Gasteiger partial charge in [-0.3, -0.25) is 9.89 Å². The van der Waals surface area contributed by atoms with E-state index in [-0.39, 0.29) is 11.7 Å². The van der Waals surface area contributed by atoms with Crippen molar-refractivity contribution in [1.29, 1.82) is 0 Å². The predicted molar refractivity (Wildman–Crippen MR) is 73.1 cm³/mol. The molecule has 1 aliphatic carbocycles. The highest BCUT2D eigenvalue weighted by atomic mass is 35.5. The third kappa shape index (κ3) is 1.88. The average Bonchev–Trinajstić information content (AvgIpc) is 2.82. The first-order valence-corrected chi connectivity index (χ1v) is 7.15. The van der Waals surface area contributed by atoms with Crippen LogP contribution in [0.1, 0.15) is 39.6 Å². The molecule has 0 spiro atoms. The first kappa shape index (κ1) is 12.2. The number of thiophene rings is 1. The van der Waals surface area contributed by atoms with E-state index < -0.39 is 0 Å². The SMILES string of the molecule is Cc1[nH]nc2c1C(=O)CC(c1cc(Cl)sc1Cl)C2. The minimum absolute atomic E-state index is 0.0870. The Hall–Kier alpha value is -0.840. The van der Waals surface area contributed by atoms with Crippen molar-refractivity contribution in [2.45, 2.75) is 25.7 Å². The fourth-order valence-electron chi connectivity index (χ4n) is 2.48. The van der Waals surface area contributed by atoms with Gasteiger partial charge in [0.2, 0.25) is 0 Å². The summed E-state index contributed by atoms with van der Waals surface area (Å²) in [7, 11) is 0. The van der Waals surface area contributed by atoms with Crippen LogP contribution in [0.4, 0.5) is 0 Å². The second kappa shape index (κ2) is 4.37. The molecule has 2 heterocycles. The third-order valence-electron chi connectivity index (χ3n) is 3.30. The zero-order valence-electron chi connectivity index (χ0n) is 9.59. The first-order chi connectivity index (χ1) is 8.56. The lowest BCUT2D eigenvalue weighted by Gasteiger charge is -2.20. The highest BCUT2D eigenvalue weighted by molar-refractivity contribution is 7.20. The minimum atomic E-state index is 0.0870. The molecule has 18 heavy (non-hydrogen) atoms. The molecule has 0 saturated heterocycles. The van der Waals surface area contributed by atoms with Gasteiger partial charge in [-0.15, -0.1) is 11.3 Å². The van der Waals surface area contributed by atoms with Gasteiger partial charge in [0.25, 0.3) is 0 Å². The number of halogens is 2. The van der Waals surface area contributed by atoms with Crippen LogP contribution in [0.15, 0.2) is 6.07 Å². The Bertz CT molecular complexity index is 632. The predicted octanol–water partition coefficient (Wildman–Crippen LogP) is 4.00. The van der Waals surface area contributed by atoms with Gasteiger partial charge in [0.1, 0.15) is 0 Å². The number of nitrogens with one attached hydrogen (secondary N) is 1. The number of carbonyl (C=O) groups excluding carboxylic acids is 1. The Kier molecular flexibility index (Phi) is 2.96. The molecule has 0 aromatic carbocycles. The summed E-state index contributed by atoms with van der Waals surface area (Å²) in [6.45, 7) is 1.87. The second-order valence-corrected chi connectivity index (χ2v) is 6.76. The monoisotopic (exact) mass is 300 g/mol. The number of aromatic amines is 1. The molecule has 2 aromatic rings. The van der Waals surface area contributed by atoms with E-state index in [9.17, 15) is 4.79 Å². The average molecular weight is 301 g/mol. The Morgan fingerprint density at radius 2 is 2.22 bits per heavy atom. The van der Waals surface area contributed by atoms with Gasteiger partial charge in [0, 0.05) is 12.1 Å².